The Kier molecular flexibility index (Phi) is 5.36. The molecule has 0 heterocycles. The van der Waals surface area contributed by atoms with Crippen LogP contribution in [-0.2, 0) is 0 Å². The highest BCUT2D eigenvalue weighted by molar-refractivity contribution is 6.30. The Morgan fingerprint density at radius 1 is 1.56 bits per heavy atom. The molecule has 2 nitrogen and oxygen atoms in total. The van der Waals surface area contributed by atoms with Crippen LogP contribution in [0.1, 0.15) is 24.9 Å². The molecule has 0 saturated carbocycles. The molecule has 0 bridgehead atoms. The molecule has 0 aliphatic carbocycles. The fourth-order valence-electron chi connectivity index (χ4n) is 1.56. The van der Waals surface area contributed by atoms with Crippen LogP contribution in [0.5, 0.6) is 5.75 Å². The number of ether oxygens (including phenoxy) is 1. The number of benzene rings is 1. The smallest absolute Gasteiger partial charge is 0.125 e. The van der Waals surface area contributed by atoms with Crippen molar-refractivity contribution in [3.05, 3.63) is 41.4 Å². The first-order chi connectivity index (χ1) is 7.72. The van der Waals surface area contributed by atoms with Gasteiger partial charge in [0.15, 0.2) is 0 Å². The Morgan fingerprint density at radius 3 is 2.88 bits per heavy atom. The largest absolute Gasteiger partial charge is 0.496 e. The highest BCUT2D eigenvalue weighted by Crippen LogP contribution is 2.28. The predicted octanol–water partition coefficient (Wildman–Crippen LogP) is 3.58. The Hall–Kier alpha value is -0.990. The van der Waals surface area contributed by atoms with Gasteiger partial charge < -0.3 is 10.1 Å². The van der Waals surface area contributed by atoms with Crippen molar-refractivity contribution in [2.45, 2.75) is 19.4 Å². The van der Waals surface area contributed by atoms with Crippen molar-refractivity contribution in [3.8, 4) is 5.75 Å². The van der Waals surface area contributed by atoms with Gasteiger partial charge in [-0.25, -0.2) is 0 Å². The zero-order valence-corrected chi connectivity index (χ0v) is 10.6. The van der Waals surface area contributed by atoms with Gasteiger partial charge in [-0.1, -0.05) is 30.7 Å². The van der Waals surface area contributed by atoms with Gasteiger partial charge >= 0.3 is 0 Å². The molecule has 1 aromatic rings. The maximum atomic E-state index is 5.92. The summed E-state index contributed by atoms with van der Waals surface area (Å²) >= 11 is 5.92. The van der Waals surface area contributed by atoms with Crippen LogP contribution in [-0.4, -0.2) is 13.7 Å². The summed E-state index contributed by atoms with van der Waals surface area (Å²) in [5.41, 5.74) is 1.07. The summed E-state index contributed by atoms with van der Waals surface area (Å²) in [7, 11) is 1.65. The van der Waals surface area contributed by atoms with Gasteiger partial charge in [-0.2, -0.15) is 0 Å². The quantitative estimate of drug-likeness (QED) is 0.767. The lowest BCUT2D eigenvalue weighted by Gasteiger charge is -2.17. The van der Waals surface area contributed by atoms with Crippen molar-refractivity contribution in [3.63, 3.8) is 0 Å². The van der Waals surface area contributed by atoms with E-state index in [1.807, 2.05) is 24.3 Å². The number of hydrogen-bond donors (Lipinski definition) is 1. The fourth-order valence-corrected chi connectivity index (χ4v) is 1.72. The second-order valence-electron chi connectivity index (χ2n) is 3.55. The Morgan fingerprint density at radius 2 is 2.31 bits per heavy atom. The van der Waals surface area contributed by atoms with Crippen LogP contribution in [0.25, 0.3) is 0 Å². The number of methoxy groups -OCH3 is 1. The van der Waals surface area contributed by atoms with Crippen LogP contribution >= 0.6 is 11.6 Å². The average molecular weight is 240 g/mol. The maximum absolute atomic E-state index is 5.92. The topological polar surface area (TPSA) is 21.3 Å². The van der Waals surface area contributed by atoms with Crippen molar-refractivity contribution < 1.29 is 4.74 Å². The maximum Gasteiger partial charge on any atom is 0.125 e. The second kappa shape index (κ2) is 6.56. The zero-order valence-electron chi connectivity index (χ0n) is 9.79. The van der Waals surface area contributed by atoms with Gasteiger partial charge in [-0.05, 0) is 25.1 Å². The zero-order chi connectivity index (χ0) is 12.0. The molecular weight excluding hydrogens is 222 g/mol. The first kappa shape index (κ1) is 13.1. The number of nitrogens with one attached hydrogen (secondary N) is 1. The third kappa shape index (κ3) is 3.26. The van der Waals surface area contributed by atoms with Gasteiger partial charge in [0.05, 0.1) is 13.2 Å². The molecule has 0 aliphatic heterocycles. The molecule has 1 unspecified atom stereocenters. The lowest BCUT2D eigenvalue weighted by molar-refractivity contribution is 0.404. The van der Waals surface area contributed by atoms with E-state index in [-0.39, 0.29) is 6.04 Å². The molecule has 1 atom stereocenters. The van der Waals surface area contributed by atoms with E-state index in [0.29, 0.717) is 5.02 Å². The van der Waals surface area contributed by atoms with E-state index in [0.717, 1.165) is 24.3 Å². The van der Waals surface area contributed by atoms with Crippen LogP contribution in [0, 0.1) is 0 Å². The monoisotopic (exact) mass is 239 g/mol. The molecule has 0 spiro atoms. The van der Waals surface area contributed by atoms with Crippen LogP contribution < -0.4 is 10.1 Å². The highest BCUT2D eigenvalue weighted by atomic mass is 35.5. The fraction of sp³-hybridized carbons (Fsp3) is 0.385. The Balaban J connectivity index is 2.94. The van der Waals surface area contributed by atoms with E-state index in [4.69, 9.17) is 16.3 Å². The van der Waals surface area contributed by atoms with E-state index < -0.39 is 0 Å². The predicted molar refractivity (Wildman–Crippen MR) is 69.2 cm³/mol. The Labute approximate surface area is 102 Å². The van der Waals surface area contributed by atoms with E-state index in [1.54, 1.807) is 7.11 Å². The van der Waals surface area contributed by atoms with Gasteiger partial charge in [0, 0.05) is 10.6 Å². The summed E-state index contributed by atoms with van der Waals surface area (Å²) in [6.45, 7) is 6.92. The average Bonchev–Trinajstić information content (AvgIpc) is 2.31. The molecule has 16 heavy (non-hydrogen) atoms. The minimum atomic E-state index is 0.104. The van der Waals surface area contributed by atoms with Gasteiger partial charge in [-0.3, -0.25) is 0 Å². The summed E-state index contributed by atoms with van der Waals surface area (Å²) in [5, 5.41) is 4.07. The minimum absolute atomic E-state index is 0.104. The van der Waals surface area contributed by atoms with Crippen LogP contribution in [0.3, 0.4) is 0 Å². The SMILES string of the molecule is C=CC(NCCC)c1ccc(Cl)cc1OC. The normalized spacial score (nSPS) is 12.2. The third-order valence-corrected chi connectivity index (χ3v) is 2.62. The molecule has 3 heteroatoms. The molecule has 0 fully saturated rings. The molecule has 1 aromatic carbocycles. The van der Waals surface area contributed by atoms with E-state index >= 15 is 0 Å². The van der Waals surface area contributed by atoms with E-state index in [2.05, 4.69) is 18.8 Å². The van der Waals surface area contributed by atoms with Crippen molar-refractivity contribution in [1.29, 1.82) is 0 Å². The van der Waals surface area contributed by atoms with Gasteiger partial charge in [0.25, 0.3) is 0 Å². The summed E-state index contributed by atoms with van der Waals surface area (Å²) in [5.74, 6) is 0.793. The lowest BCUT2D eigenvalue weighted by atomic mass is 10.1. The summed E-state index contributed by atoms with van der Waals surface area (Å²) in [6, 6.07) is 5.76. The molecule has 1 rings (SSSR count). The lowest BCUT2D eigenvalue weighted by Crippen LogP contribution is -2.20. The van der Waals surface area contributed by atoms with Crippen molar-refractivity contribution in [1.82, 2.24) is 5.32 Å². The molecule has 0 amide bonds. The van der Waals surface area contributed by atoms with Crippen molar-refractivity contribution in [2.75, 3.05) is 13.7 Å². The second-order valence-corrected chi connectivity index (χ2v) is 3.99. The number of hydrogen-bond acceptors (Lipinski definition) is 2. The minimum Gasteiger partial charge on any atom is -0.496 e. The van der Waals surface area contributed by atoms with E-state index in [9.17, 15) is 0 Å². The summed E-state index contributed by atoms with van der Waals surface area (Å²) in [4.78, 5) is 0. The van der Waals surface area contributed by atoms with Crippen LogP contribution in [0.15, 0.2) is 30.9 Å². The number of rotatable bonds is 6. The molecule has 1 N–H and O–H groups in total. The third-order valence-electron chi connectivity index (χ3n) is 2.38. The first-order valence-electron chi connectivity index (χ1n) is 5.42. The van der Waals surface area contributed by atoms with Gasteiger partial charge in [0.2, 0.25) is 0 Å². The van der Waals surface area contributed by atoms with Crippen molar-refractivity contribution in [2.24, 2.45) is 0 Å². The summed E-state index contributed by atoms with van der Waals surface area (Å²) in [6.07, 6.45) is 2.96. The molecular formula is C13H18ClNO. The number of halogens is 1. The summed E-state index contributed by atoms with van der Waals surface area (Å²) < 4.78 is 5.32. The Bertz CT molecular complexity index is 352. The van der Waals surface area contributed by atoms with Crippen LogP contribution in [0.4, 0.5) is 0 Å². The van der Waals surface area contributed by atoms with E-state index in [1.165, 1.54) is 0 Å². The van der Waals surface area contributed by atoms with Crippen molar-refractivity contribution >= 4 is 11.6 Å². The molecule has 0 radical (unpaired) electrons. The molecule has 88 valence electrons. The molecule has 0 aromatic heterocycles. The van der Waals surface area contributed by atoms with Gasteiger partial charge in [0.1, 0.15) is 5.75 Å². The van der Waals surface area contributed by atoms with Crippen LogP contribution in [0.2, 0.25) is 5.02 Å². The molecule has 0 aliphatic rings. The molecule has 0 saturated heterocycles. The highest BCUT2D eigenvalue weighted by Gasteiger charge is 2.12. The van der Waals surface area contributed by atoms with Gasteiger partial charge in [-0.15, -0.1) is 6.58 Å². The standard InChI is InChI=1S/C13H18ClNO/c1-4-8-15-12(5-2)11-7-6-10(14)9-13(11)16-3/h5-7,9,12,15H,2,4,8H2,1,3H3. The first-order valence-corrected chi connectivity index (χ1v) is 5.80.